The molecule has 0 bridgehead atoms. The number of nitrogens with one attached hydrogen (secondary N) is 2. The first-order valence-electron chi connectivity index (χ1n) is 5.02. The van der Waals surface area contributed by atoms with E-state index in [1.54, 1.807) is 18.4 Å². The summed E-state index contributed by atoms with van der Waals surface area (Å²) in [5, 5.41) is 0. The number of carbonyl (C=O) groups is 2. The summed E-state index contributed by atoms with van der Waals surface area (Å²) in [6.45, 7) is 0.258. The standard InChI is InChI=1S/C10H15N3O3/c11-6-5-10(15)13-12-9(14)4-3-8-2-1-7-16-8/h1-2,7H,3-6,11H2,(H,12,14)(H,13,15). The monoisotopic (exact) mass is 225 g/mol. The minimum atomic E-state index is -0.297. The van der Waals surface area contributed by atoms with Crippen molar-refractivity contribution >= 4 is 11.8 Å². The minimum Gasteiger partial charge on any atom is -0.469 e. The molecule has 0 unspecified atom stereocenters. The van der Waals surface area contributed by atoms with Gasteiger partial charge in [0.1, 0.15) is 5.76 Å². The molecule has 1 rings (SSSR count). The van der Waals surface area contributed by atoms with Crippen LogP contribution in [-0.4, -0.2) is 18.4 Å². The third-order valence-corrected chi connectivity index (χ3v) is 1.89. The van der Waals surface area contributed by atoms with Gasteiger partial charge in [-0.25, -0.2) is 0 Å². The number of furan rings is 1. The van der Waals surface area contributed by atoms with Crippen molar-refractivity contribution in [3.05, 3.63) is 24.2 Å². The third kappa shape index (κ3) is 4.61. The highest BCUT2D eigenvalue weighted by Gasteiger charge is 2.05. The number of hydrazine groups is 1. The van der Waals surface area contributed by atoms with Crippen molar-refractivity contribution in [2.45, 2.75) is 19.3 Å². The topological polar surface area (TPSA) is 97.4 Å². The number of aryl methyl sites for hydroxylation is 1. The third-order valence-electron chi connectivity index (χ3n) is 1.89. The molecule has 0 saturated carbocycles. The minimum absolute atomic E-state index is 0.193. The van der Waals surface area contributed by atoms with E-state index in [0.29, 0.717) is 6.42 Å². The van der Waals surface area contributed by atoms with Gasteiger partial charge in [0, 0.05) is 25.8 Å². The zero-order valence-corrected chi connectivity index (χ0v) is 8.86. The molecule has 0 aromatic carbocycles. The summed E-state index contributed by atoms with van der Waals surface area (Å²) in [7, 11) is 0. The van der Waals surface area contributed by atoms with E-state index in [-0.39, 0.29) is 31.2 Å². The van der Waals surface area contributed by atoms with E-state index in [0.717, 1.165) is 5.76 Å². The summed E-state index contributed by atoms with van der Waals surface area (Å²) >= 11 is 0. The fraction of sp³-hybridized carbons (Fsp3) is 0.400. The van der Waals surface area contributed by atoms with E-state index in [9.17, 15) is 9.59 Å². The maximum atomic E-state index is 11.2. The summed E-state index contributed by atoms with van der Waals surface area (Å²) < 4.78 is 5.06. The summed E-state index contributed by atoms with van der Waals surface area (Å²) in [4.78, 5) is 22.2. The lowest BCUT2D eigenvalue weighted by molar-refractivity contribution is -0.128. The molecule has 0 saturated heterocycles. The lowest BCUT2D eigenvalue weighted by Crippen LogP contribution is -2.42. The summed E-state index contributed by atoms with van der Waals surface area (Å²) in [5.41, 5.74) is 9.73. The molecule has 88 valence electrons. The Morgan fingerprint density at radius 1 is 1.25 bits per heavy atom. The first kappa shape index (κ1) is 12.3. The Labute approximate surface area is 93.1 Å². The van der Waals surface area contributed by atoms with Crippen LogP contribution in [0.2, 0.25) is 0 Å². The van der Waals surface area contributed by atoms with Gasteiger partial charge in [-0.05, 0) is 12.1 Å². The van der Waals surface area contributed by atoms with E-state index in [4.69, 9.17) is 10.2 Å². The number of carbonyl (C=O) groups excluding carboxylic acids is 2. The molecule has 0 fully saturated rings. The fourth-order valence-corrected chi connectivity index (χ4v) is 1.09. The van der Waals surface area contributed by atoms with Crippen molar-refractivity contribution in [1.82, 2.24) is 10.9 Å². The highest BCUT2D eigenvalue weighted by molar-refractivity contribution is 5.82. The van der Waals surface area contributed by atoms with Crippen LogP contribution in [0.4, 0.5) is 0 Å². The average Bonchev–Trinajstić information content (AvgIpc) is 2.77. The Kier molecular flexibility index (Phi) is 5.07. The maximum absolute atomic E-state index is 11.2. The number of hydrogen-bond donors (Lipinski definition) is 3. The van der Waals surface area contributed by atoms with Gasteiger partial charge in [-0.3, -0.25) is 20.4 Å². The Bertz CT molecular complexity index is 335. The van der Waals surface area contributed by atoms with Gasteiger partial charge in [-0.2, -0.15) is 0 Å². The Balaban J connectivity index is 2.14. The second-order valence-corrected chi connectivity index (χ2v) is 3.21. The second kappa shape index (κ2) is 6.62. The van der Waals surface area contributed by atoms with Crippen molar-refractivity contribution in [3.8, 4) is 0 Å². The molecule has 4 N–H and O–H groups in total. The lowest BCUT2D eigenvalue weighted by Gasteiger charge is -2.05. The lowest BCUT2D eigenvalue weighted by atomic mass is 10.2. The molecular formula is C10H15N3O3. The van der Waals surface area contributed by atoms with Gasteiger partial charge in [-0.1, -0.05) is 0 Å². The van der Waals surface area contributed by atoms with Gasteiger partial charge in [-0.15, -0.1) is 0 Å². The molecule has 0 radical (unpaired) electrons. The van der Waals surface area contributed by atoms with Crippen LogP contribution in [0.25, 0.3) is 0 Å². The second-order valence-electron chi connectivity index (χ2n) is 3.21. The number of rotatable bonds is 5. The van der Waals surface area contributed by atoms with Crippen LogP contribution in [0.3, 0.4) is 0 Å². The number of amides is 2. The van der Waals surface area contributed by atoms with Crippen LogP contribution in [0.15, 0.2) is 22.8 Å². The van der Waals surface area contributed by atoms with Crippen LogP contribution >= 0.6 is 0 Å². The SMILES string of the molecule is NCCC(=O)NNC(=O)CCc1ccco1. The fourth-order valence-electron chi connectivity index (χ4n) is 1.09. The average molecular weight is 225 g/mol. The van der Waals surface area contributed by atoms with Crippen LogP contribution < -0.4 is 16.6 Å². The highest BCUT2D eigenvalue weighted by atomic mass is 16.3. The van der Waals surface area contributed by atoms with Crippen molar-refractivity contribution in [3.63, 3.8) is 0 Å². The molecule has 6 nitrogen and oxygen atoms in total. The molecule has 1 heterocycles. The van der Waals surface area contributed by atoms with E-state index in [1.807, 2.05) is 0 Å². The van der Waals surface area contributed by atoms with Crippen molar-refractivity contribution in [2.75, 3.05) is 6.54 Å². The molecule has 2 amide bonds. The van der Waals surface area contributed by atoms with Gasteiger partial charge in [0.2, 0.25) is 11.8 Å². The Morgan fingerprint density at radius 3 is 2.50 bits per heavy atom. The highest BCUT2D eigenvalue weighted by Crippen LogP contribution is 2.02. The first-order chi connectivity index (χ1) is 7.72. The molecule has 0 aliphatic rings. The van der Waals surface area contributed by atoms with E-state index in [1.165, 1.54) is 0 Å². The van der Waals surface area contributed by atoms with Crippen molar-refractivity contribution in [2.24, 2.45) is 5.73 Å². The van der Waals surface area contributed by atoms with Crippen LogP contribution in [0, 0.1) is 0 Å². The predicted octanol–water partition coefficient (Wildman–Crippen LogP) is -0.292. The molecule has 1 aromatic heterocycles. The van der Waals surface area contributed by atoms with Crippen LogP contribution in [0.1, 0.15) is 18.6 Å². The van der Waals surface area contributed by atoms with E-state index >= 15 is 0 Å². The summed E-state index contributed by atoms with van der Waals surface area (Å²) in [6.07, 6.45) is 2.51. The zero-order valence-electron chi connectivity index (χ0n) is 8.86. The van der Waals surface area contributed by atoms with Gasteiger partial charge < -0.3 is 10.2 Å². The van der Waals surface area contributed by atoms with Crippen LogP contribution in [0.5, 0.6) is 0 Å². The molecule has 0 atom stereocenters. The molecule has 0 aliphatic heterocycles. The van der Waals surface area contributed by atoms with Gasteiger partial charge >= 0.3 is 0 Å². The zero-order chi connectivity index (χ0) is 11.8. The molecule has 0 spiro atoms. The molecule has 0 aliphatic carbocycles. The van der Waals surface area contributed by atoms with Gasteiger partial charge in [0.25, 0.3) is 0 Å². The van der Waals surface area contributed by atoms with Crippen molar-refractivity contribution in [1.29, 1.82) is 0 Å². The van der Waals surface area contributed by atoms with Crippen molar-refractivity contribution < 1.29 is 14.0 Å². The molecular weight excluding hydrogens is 210 g/mol. The van der Waals surface area contributed by atoms with Gasteiger partial charge in [0.05, 0.1) is 6.26 Å². The van der Waals surface area contributed by atoms with Gasteiger partial charge in [0.15, 0.2) is 0 Å². The molecule has 16 heavy (non-hydrogen) atoms. The Hall–Kier alpha value is -1.82. The quantitative estimate of drug-likeness (QED) is 0.600. The number of hydrogen-bond acceptors (Lipinski definition) is 4. The van der Waals surface area contributed by atoms with E-state index < -0.39 is 0 Å². The summed E-state index contributed by atoms with van der Waals surface area (Å²) in [5.74, 6) is 0.180. The molecule has 1 aromatic rings. The predicted molar refractivity (Wildman–Crippen MR) is 57.0 cm³/mol. The number of nitrogens with two attached hydrogens (primary N) is 1. The summed E-state index contributed by atoms with van der Waals surface area (Å²) in [6, 6.07) is 3.55. The first-order valence-corrected chi connectivity index (χ1v) is 5.02. The smallest absolute Gasteiger partial charge is 0.239 e. The maximum Gasteiger partial charge on any atom is 0.239 e. The van der Waals surface area contributed by atoms with Crippen LogP contribution in [-0.2, 0) is 16.0 Å². The largest absolute Gasteiger partial charge is 0.469 e. The normalized spacial score (nSPS) is 9.81. The van der Waals surface area contributed by atoms with E-state index in [2.05, 4.69) is 10.9 Å². The Morgan fingerprint density at radius 2 is 1.94 bits per heavy atom. The molecule has 6 heteroatoms.